The topological polar surface area (TPSA) is 79.7 Å². The fourth-order valence-electron chi connectivity index (χ4n) is 3.23. The number of aryl methyl sites for hydroxylation is 1. The molecule has 3 aromatic rings. The average molecular weight is 347 g/mol. The first-order chi connectivity index (χ1) is 12.8. The summed E-state index contributed by atoms with van der Waals surface area (Å²) in [5.74, 6) is 3.45. The van der Waals surface area contributed by atoms with Crippen LogP contribution in [-0.4, -0.2) is 38.0 Å². The van der Waals surface area contributed by atoms with Crippen molar-refractivity contribution in [1.29, 1.82) is 0 Å². The first kappa shape index (κ1) is 16.4. The van der Waals surface area contributed by atoms with Crippen LogP contribution < -0.4 is 10.2 Å². The molecule has 4 heterocycles. The Balaban J connectivity index is 1.55. The van der Waals surface area contributed by atoms with Crippen LogP contribution in [0.1, 0.15) is 30.3 Å². The monoisotopic (exact) mass is 347 g/mol. The van der Waals surface area contributed by atoms with E-state index >= 15 is 0 Å². The molecule has 1 aliphatic rings. The van der Waals surface area contributed by atoms with Crippen molar-refractivity contribution in [2.24, 2.45) is 0 Å². The summed E-state index contributed by atoms with van der Waals surface area (Å²) in [4.78, 5) is 24.7. The van der Waals surface area contributed by atoms with Crippen LogP contribution in [0, 0.1) is 6.92 Å². The first-order valence-corrected chi connectivity index (χ1v) is 8.83. The number of rotatable bonds is 4. The molecule has 1 atom stereocenters. The maximum atomic E-state index is 4.75. The molecule has 0 bridgehead atoms. The smallest absolute Gasteiger partial charge is 0.225 e. The highest BCUT2D eigenvalue weighted by atomic mass is 15.3. The van der Waals surface area contributed by atoms with Gasteiger partial charge >= 0.3 is 0 Å². The number of aromatic nitrogens is 5. The van der Waals surface area contributed by atoms with Gasteiger partial charge in [-0.05, 0) is 38.0 Å². The number of nitrogens with one attached hydrogen (secondary N) is 1. The van der Waals surface area contributed by atoms with Crippen LogP contribution in [0.15, 0.2) is 48.9 Å². The van der Waals surface area contributed by atoms with E-state index in [0.717, 1.165) is 55.0 Å². The van der Waals surface area contributed by atoms with Crippen LogP contribution in [0.5, 0.6) is 0 Å². The quantitative estimate of drug-likeness (QED) is 0.777. The minimum atomic E-state index is 0.261. The zero-order valence-corrected chi connectivity index (χ0v) is 14.7. The van der Waals surface area contributed by atoms with E-state index in [-0.39, 0.29) is 5.92 Å². The minimum Gasteiger partial charge on any atom is -0.340 e. The van der Waals surface area contributed by atoms with Gasteiger partial charge in [-0.25, -0.2) is 24.9 Å². The Morgan fingerprint density at radius 2 is 1.85 bits per heavy atom. The molecule has 0 spiro atoms. The molecule has 0 aromatic carbocycles. The van der Waals surface area contributed by atoms with Crippen LogP contribution >= 0.6 is 0 Å². The van der Waals surface area contributed by atoms with E-state index < -0.39 is 0 Å². The highest BCUT2D eigenvalue weighted by Crippen LogP contribution is 2.27. The molecule has 1 aliphatic heterocycles. The molecular weight excluding hydrogens is 326 g/mol. The molecule has 1 fully saturated rings. The number of nitrogens with zero attached hydrogens (tertiary/aromatic N) is 6. The molecule has 26 heavy (non-hydrogen) atoms. The highest BCUT2D eigenvalue weighted by Gasteiger charge is 2.25. The van der Waals surface area contributed by atoms with Gasteiger partial charge in [-0.3, -0.25) is 0 Å². The molecule has 1 N–H and O–H groups in total. The van der Waals surface area contributed by atoms with Gasteiger partial charge in [0.25, 0.3) is 0 Å². The first-order valence-electron chi connectivity index (χ1n) is 8.83. The Morgan fingerprint density at radius 3 is 2.65 bits per heavy atom. The summed E-state index contributed by atoms with van der Waals surface area (Å²) >= 11 is 0. The van der Waals surface area contributed by atoms with Gasteiger partial charge in [0.2, 0.25) is 5.95 Å². The summed E-state index contributed by atoms with van der Waals surface area (Å²) in [5.41, 5.74) is 0.946. The van der Waals surface area contributed by atoms with E-state index in [1.54, 1.807) is 18.6 Å². The van der Waals surface area contributed by atoms with Crippen LogP contribution in [-0.2, 0) is 0 Å². The lowest BCUT2D eigenvalue weighted by molar-refractivity contribution is 0.485. The Morgan fingerprint density at radius 1 is 1.00 bits per heavy atom. The summed E-state index contributed by atoms with van der Waals surface area (Å²) in [6.07, 6.45) is 7.46. The van der Waals surface area contributed by atoms with Crippen molar-refractivity contribution in [3.05, 3.63) is 60.4 Å². The third-order valence-corrected chi connectivity index (χ3v) is 4.41. The lowest BCUT2D eigenvalue weighted by Gasteiger charge is -2.32. The SMILES string of the molecule is Cc1cc(Nc2ccccn2)nc([C@@H]2CCCN(c3ncccn3)C2)n1. The Hall–Kier alpha value is -3.09. The zero-order chi connectivity index (χ0) is 17.8. The molecule has 0 aliphatic carbocycles. The second-order valence-corrected chi connectivity index (χ2v) is 6.43. The molecule has 3 aromatic heterocycles. The number of piperidine rings is 1. The van der Waals surface area contributed by atoms with Crippen molar-refractivity contribution in [3.63, 3.8) is 0 Å². The van der Waals surface area contributed by atoms with Crippen LogP contribution in [0.2, 0.25) is 0 Å². The van der Waals surface area contributed by atoms with Gasteiger partial charge in [-0.1, -0.05) is 6.07 Å². The maximum Gasteiger partial charge on any atom is 0.225 e. The van der Waals surface area contributed by atoms with E-state index in [1.807, 2.05) is 37.3 Å². The van der Waals surface area contributed by atoms with Crippen LogP contribution in [0.3, 0.4) is 0 Å². The number of hydrogen-bond acceptors (Lipinski definition) is 7. The normalized spacial score (nSPS) is 17.1. The van der Waals surface area contributed by atoms with Gasteiger partial charge in [-0.15, -0.1) is 0 Å². The average Bonchev–Trinajstić information content (AvgIpc) is 2.69. The van der Waals surface area contributed by atoms with Gasteiger partial charge in [0.15, 0.2) is 0 Å². The van der Waals surface area contributed by atoms with E-state index in [2.05, 4.69) is 30.2 Å². The standard InChI is InChI=1S/C19H21N7/c1-14-12-17(24-16-7-2-3-8-20-16)25-18(23-14)15-6-4-11-26(13-15)19-21-9-5-10-22-19/h2-3,5,7-10,12,15H,4,6,11,13H2,1H3,(H,20,23,24,25)/t15-/m1/s1. The largest absolute Gasteiger partial charge is 0.340 e. The van der Waals surface area contributed by atoms with E-state index in [1.165, 1.54) is 0 Å². The van der Waals surface area contributed by atoms with Gasteiger partial charge in [0.1, 0.15) is 17.5 Å². The molecular formula is C19H21N7. The number of anilines is 3. The molecule has 7 nitrogen and oxygen atoms in total. The van der Waals surface area contributed by atoms with Gasteiger partial charge in [0, 0.05) is 49.4 Å². The van der Waals surface area contributed by atoms with E-state index in [0.29, 0.717) is 0 Å². The third-order valence-electron chi connectivity index (χ3n) is 4.41. The van der Waals surface area contributed by atoms with Crippen molar-refractivity contribution in [3.8, 4) is 0 Å². The molecule has 0 unspecified atom stereocenters. The lowest BCUT2D eigenvalue weighted by atomic mass is 9.97. The van der Waals surface area contributed by atoms with Gasteiger partial charge in [-0.2, -0.15) is 0 Å². The second-order valence-electron chi connectivity index (χ2n) is 6.43. The molecule has 1 saturated heterocycles. The predicted molar refractivity (Wildman–Crippen MR) is 101 cm³/mol. The van der Waals surface area contributed by atoms with Gasteiger partial charge < -0.3 is 10.2 Å². The number of pyridine rings is 1. The van der Waals surface area contributed by atoms with Crippen molar-refractivity contribution < 1.29 is 0 Å². The number of hydrogen-bond donors (Lipinski definition) is 1. The summed E-state index contributed by atoms with van der Waals surface area (Å²) in [7, 11) is 0. The molecule has 7 heteroatoms. The molecule has 0 amide bonds. The predicted octanol–water partition coefficient (Wildman–Crippen LogP) is 3.10. The fourth-order valence-corrected chi connectivity index (χ4v) is 3.23. The zero-order valence-electron chi connectivity index (χ0n) is 14.7. The Bertz CT molecular complexity index is 854. The van der Waals surface area contributed by atoms with Crippen LogP contribution in [0.25, 0.3) is 0 Å². The minimum absolute atomic E-state index is 0.261. The van der Waals surface area contributed by atoms with Crippen molar-refractivity contribution in [1.82, 2.24) is 24.9 Å². The molecule has 0 radical (unpaired) electrons. The van der Waals surface area contributed by atoms with E-state index in [4.69, 9.17) is 4.98 Å². The Kier molecular flexibility index (Phi) is 4.68. The Labute approximate surface area is 152 Å². The second kappa shape index (κ2) is 7.43. The van der Waals surface area contributed by atoms with Gasteiger partial charge in [0.05, 0.1) is 0 Å². The summed E-state index contributed by atoms with van der Waals surface area (Å²) < 4.78 is 0. The van der Waals surface area contributed by atoms with E-state index in [9.17, 15) is 0 Å². The van der Waals surface area contributed by atoms with Crippen molar-refractivity contribution >= 4 is 17.6 Å². The fraction of sp³-hybridized carbons (Fsp3) is 0.316. The maximum absolute atomic E-state index is 4.75. The summed E-state index contributed by atoms with van der Waals surface area (Å²) in [6, 6.07) is 9.54. The van der Waals surface area contributed by atoms with Crippen molar-refractivity contribution in [2.45, 2.75) is 25.7 Å². The van der Waals surface area contributed by atoms with Crippen LogP contribution in [0.4, 0.5) is 17.6 Å². The van der Waals surface area contributed by atoms with Crippen molar-refractivity contribution in [2.75, 3.05) is 23.3 Å². The summed E-state index contributed by atoms with van der Waals surface area (Å²) in [5, 5.41) is 3.27. The molecule has 132 valence electrons. The molecule has 0 saturated carbocycles. The molecule has 4 rings (SSSR count). The summed E-state index contributed by atoms with van der Waals surface area (Å²) in [6.45, 7) is 3.79. The highest BCUT2D eigenvalue weighted by molar-refractivity contribution is 5.51. The lowest BCUT2D eigenvalue weighted by Crippen LogP contribution is -2.36. The third kappa shape index (κ3) is 3.77.